The van der Waals surface area contributed by atoms with Crippen molar-refractivity contribution in [2.45, 2.75) is 26.9 Å². The van der Waals surface area contributed by atoms with E-state index in [9.17, 15) is 4.79 Å². The second kappa shape index (κ2) is 8.49. The number of aromatic nitrogens is 2. The lowest BCUT2D eigenvalue weighted by Gasteiger charge is -2.21. The van der Waals surface area contributed by atoms with E-state index in [4.69, 9.17) is 0 Å². The van der Waals surface area contributed by atoms with Gasteiger partial charge in [-0.2, -0.15) is 5.10 Å². The van der Waals surface area contributed by atoms with Gasteiger partial charge >= 0.3 is 0 Å². The maximum Gasteiger partial charge on any atom is 0.247 e. The molecule has 3 aromatic rings. The Labute approximate surface area is 160 Å². The summed E-state index contributed by atoms with van der Waals surface area (Å²) >= 11 is 0. The molecule has 0 fully saturated rings. The summed E-state index contributed by atoms with van der Waals surface area (Å²) in [5.41, 5.74) is 5.21. The molecular weight excluding hydrogens is 334 g/mol. The lowest BCUT2D eigenvalue weighted by atomic mass is 10.1. The Morgan fingerprint density at radius 1 is 0.963 bits per heavy atom. The summed E-state index contributed by atoms with van der Waals surface area (Å²) in [6, 6.07) is 20.2. The topological polar surface area (TPSA) is 38.1 Å². The molecular formula is C23H25N3O. The van der Waals surface area contributed by atoms with Crippen LogP contribution in [0.4, 0.5) is 0 Å². The van der Waals surface area contributed by atoms with Crippen LogP contribution < -0.4 is 0 Å². The number of nitrogens with zero attached hydrogens (tertiary/aromatic N) is 3. The van der Waals surface area contributed by atoms with E-state index in [1.165, 1.54) is 0 Å². The molecule has 1 amide bonds. The predicted octanol–water partition coefficient (Wildman–Crippen LogP) is 4.28. The van der Waals surface area contributed by atoms with Gasteiger partial charge in [0.2, 0.25) is 5.91 Å². The number of amides is 1. The molecule has 0 aliphatic heterocycles. The molecule has 0 spiro atoms. The molecule has 0 radical (unpaired) electrons. The molecule has 4 heteroatoms. The average molecular weight is 359 g/mol. The summed E-state index contributed by atoms with van der Waals surface area (Å²) in [7, 11) is 1.92. The lowest BCUT2D eigenvalue weighted by Crippen LogP contribution is -2.28. The van der Waals surface area contributed by atoms with Crippen LogP contribution in [0.15, 0.2) is 66.7 Å². The molecule has 3 rings (SSSR count). The van der Waals surface area contributed by atoms with Gasteiger partial charge < -0.3 is 4.90 Å². The maximum absolute atomic E-state index is 13.0. The quantitative estimate of drug-likeness (QED) is 0.616. The summed E-state index contributed by atoms with van der Waals surface area (Å²) < 4.78 is 1.84. The van der Waals surface area contributed by atoms with Crippen LogP contribution in [0.1, 0.15) is 28.1 Å². The second-order valence-electron chi connectivity index (χ2n) is 6.71. The first kappa shape index (κ1) is 18.6. The van der Waals surface area contributed by atoms with Crippen molar-refractivity contribution in [3.8, 4) is 0 Å². The lowest BCUT2D eigenvalue weighted by molar-refractivity contribution is -0.127. The van der Waals surface area contributed by atoms with Gasteiger partial charge in [0.15, 0.2) is 0 Å². The van der Waals surface area contributed by atoms with Crippen LogP contribution in [0.25, 0.3) is 6.08 Å². The Bertz CT molecular complexity index is 886. The third kappa shape index (κ3) is 4.73. The fraction of sp³-hybridized carbons (Fsp3) is 0.217. The van der Waals surface area contributed by atoms with E-state index in [0.717, 1.165) is 28.1 Å². The van der Waals surface area contributed by atoms with Gasteiger partial charge in [-0.15, -0.1) is 0 Å². The molecule has 1 aromatic heterocycles. The van der Waals surface area contributed by atoms with Gasteiger partial charge in [0.25, 0.3) is 0 Å². The Balaban J connectivity index is 1.82. The number of aryl methyl sites for hydroxylation is 2. The summed E-state index contributed by atoms with van der Waals surface area (Å²) in [5.74, 6) is -0.00893. The van der Waals surface area contributed by atoms with Gasteiger partial charge in [-0.05, 0) is 31.1 Å². The summed E-state index contributed by atoms with van der Waals surface area (Å²) in [6.07, 6.45) is 3.53. The van der Waals surface area contributed by atoms with E-state index in [0.29, 0.717) is 13.1 Å². The molecule has 138 valence electrons. The number of rotatable bonds is 6. The Morgan fingerprint density at radius 3 is 1.93 bits per heavy atom. The number of carbonyl (C=O) groups is 1. The van der Waals surface area contributed by atoms with Gasteiger partial charge in [0, 0.05) is 37.5 Å². The van der Waals surface area contributed by atoms with E-state index in [2.05, 4.69) is 5.10 Å². The highest BCUT2D eigenvalue weighted by molar-refractivity contribution is 5.92. The van der Waals surface area contributed by atoms with Crippen LogP contribution in [0.5, 0.6) is 0 Å². The van der Waals surface area contributed by atoms with Crippen LogP contribution in [0.2, 0.25) is 0 Å². The molecule has 4 nitrogen and oxygen atoms in total. The molecule has 0 aliphatic rings. The van der Waals surface area contributed by atoms with Crippen molar-refractivity contribution >= 4 is 12.0 Å². The van der Waals surface area contributed by atoms with Crippen molar-refractivity contribution in [2.75, 3.05) is 0 Å². The predicted molar refractivity (Wildman–Crippen MR) is 109 cm³/mol. The minimum atomic E-state index is -0.00893. The van der Waals surface area contributed by atoms with Gasteiger partial charge in [-0.1, -0.05) is 60.7 Å². The van der Waals surface area contributed by atoms with E-state index < -0.39 is 0 Å². The number of benzene rings is 2. The molecule has 0 saturated heterocycles. The van der Waals surface area contributed by atoms with Gasteiger partial charge in [0.05, 0.1) is 5.69 Å². The van der Waals surface area contributed by atoms with Crippen LogP contribution in [-0.2, 0) is 24.9 Å². The first-order valence-electron chi connectivity index (χ1n) is 9.09. The third-order valence-electron chi connectivity index (χ3n) is 4.70. The standard InChI is InChI=1S/C23H25N3O/c1-18-22(19(2)25(3)24-18)14-15-23(27)26(16-20-10-6-4-7-11-20)17-21-12-8-5-9-13-21/h4-15H,16-17H2,1-3H3. The highest BCUT2D eigenvalue weighted by Crippen LogP contribution is 2.15. The summed E-state index contributed by atoms with van der Waals surface area (Å²) in [5, 5.41) is 4.41. The molecule has 0 aliphatic carbocycles. The van der Waals surface area contributed by atoms with Crippen LogP contribution in [0, 0.1) is 13.8 Å². The summed E-state index contributed by atoms with van der Waals surface area (Å²) in [4.78, 5) is 14.8. The third-order valence-corrected chi connectivity index (χ3v) is 4.70. The van der Waals surface area contributed by atoms with Crippen molar-refractivity contribution in [2.24, 2.45) is 7.05 Å². The number of hydrogen-bond donors (Lipinski definition) is 0. The normalized spacial score (nSPS) is 11.1. The van der Waals surface area contributed by atoms with Crippen LogP contribution >= 0.6 is 0 Å². The van der Waals surface area contributed by atoms with Crippen molar-refractivity contribution in [1.82, 2.24) is 14.7 Å². The van der Waals surface area contributed by atoms with Crippen molar-refractivity contribution in [1.29, 1.82) is 0 Å². The highest BCUT2D eigenvalue weighted by atomic mass is 16.2. The zero-order chi connectivity index (χ0) is 19.2. The molecule has 0 bridgehead atoms. The van der Waals surface area contributed by atoms with Crippen molar-refractivity contribution < 1.29 is 4.79 Å². The molecule has 0 unspecified atom stereocenters. The Morgan fingerprint density at radius 2 is 1.48 bits per heavy atom. The fourth-order valence-electron chi connectivity index (χ4n) is 3.11. The molecule has 0 N–H and O–H groups in total. The van der Waals surface area contributed by atoms with Crippen LogP contribution in [-0.4, -0.2) is 20.6 Å². The average Bonchev–Trinajstić information content (AvgIpc) is 2.92. The minimum absolute atomic E-state index is 0.00893. The van der Waals surface area contributed by atoms with Crippen LogP contribution in [0.3, 0.4) is 0 Å². The van der Waals surface area contributed by atoms with Gasteiger partial charge in [-0.3, -0.25) is 9.48 Å². The highest BCUT2D eigenvalue weighted by Gasteiger charge is 2.13. The Kier molecular flexibility index (Phi) is 5.87. The second-order valence-corrected chi connectivity index (χ2v) is 6.71. The molecule has 0 saturated carbocycles. The largest absolute Gasteiger partial charge is 0.331 e. The zero-order valence-electron chi connectivity index (χ0n) is 16.1. The van der Waals surface area contributed by atoms with E-state index in [1.54, 1.807) is 6.08 Å². The SMILES string of the molecule is Cc1nn(C)c(C)c1C=CC(=O)N(Cc1ccccc1)Cc1ccccc1. The van der Waals surface area contributed by atoms with Crippen molar-refractivity contribution in [3.05, 3.63) is 94.8 Å². The van der Waals surface area contributed by atoms with E-state index >= 15 is 0 Å². The fourth-order valence-corrected chi connectivity index (χ4v) is 3.11. The summed E-state index contributed by atoms with van der Waals surface area (Å²) in [6.45, 7) is 5.12. The van der Waals surface area contributed by atoms with E-state index in [1.807, 2.05) is 97.2 Å². The first-order valence-corrected chi connectivity index (χ1v) is 9.09. The van der Waals surface area contributed by atoms with E-state index in [-0.39, 0.29) is 5.91 Å². The smallest absolute Gasteiger partial charge is 0.247 e. The first-order chi connectivity index (χ1) is 13.0. The molecule has 27 heavy (non-hydrogen) atoms. The minimum Gasteiger partial charge on any atom is -0.331 e. The van der Waals surface area contributed by atoms with Crippen molar-refractivity contribution in [3.63, 3.8) is 0 Å². The number of hydrogen-bond acceptors (Lipinski definition) is 2. The zero-order valence-corrected chi connectivity index (χ0v) is 16.1. The number of carbonyl (C=O) groups excluding carboxylic acids is 1. The van der Waals surface area contributed by atoms with Gasteiger partial charge in [0.1, 0.15) is 0 Å². The molecule has 0 atom stereocenters. The van der Waals surface area contributed by atoms with Gasteiger partial charge in [-0.25, -0.2) is 0 Å². The Hall–Kier alpha value is -3.14. The molecule has 1 heterocycles. The monoisotopic (exact) mass is 359 g/mol. The maximum atomic E-state index is 13.0. The molecule has 2 aromatic carbocycles.